The monoisotopic (exact) mass is 442 g/mol. The smallest absolute Gasteiger partial charge is 0.0855 e. The Balaban J connectivity index is 2.97. The van der Waals surface area contributed by atoms with E-state index in [9.17, 15) is 0 Å². The highest BCUT2D eigenvalue weighted by Crippen LogP contribution is 2.14. The van der Waals surface area contributed by atoms with Gasteiger partial charge in [-0.1, -0.05) is 116 Å². The molecule has 0 aromatic heterocycles. The lowest BCUT2D eigenvalue weighted by Crippen LogP contribution is -2.03. The lowest BCUT2D eigenvalue weighted by molar-refractivity contribution is -0.843. The van der Waals surface area contributed by atoms with Crippen molar-refractivity contribution in [3.8, 4) is 0 Å². The van der Waals surface area contributed by atoms with Crippen LogP contribution < -0.4 is 0 Å². The van der Waals surface area contributed by atoms with Crippen LogP contribution in [0.3, 0.4) is 0 Å². The van der Waals surface area contributed by atoms with E-state index >= 15 is 0 Å². The normalized spacial score (nSPS) is 11.4. The molecule has 0 rings (SSSR count). The first-order valence-electron chi connectivity index (χ1n) is 11.5. The van der Waals surface area contributed by atoms with E-state index in [1.165, 1.54) is 103 Å². The van der Waals surface area contributed by atoms with Crippen molar-refractivity contribution in [2.75, 3.05) is 6.61 Å². The van der Waals surface area contributed by atoms with Crippen LogP contribution in [-0.2, 0) is 45.2 Å². The van der Waals surface area contributed by atoms with Crippen LogP contribution in [0.2, 0.25) is 0 Å². The first-order valence-corrected chi connectivity index (χ1v) is 11.5. The van der Waals surface area contributed by atoms with E-state index in [2.05, 4.69) is 52.1 Å². The maximum absolute atomic E-state index is 7.65. The van der Waals surface area contributed by atoms with Gasteiger partial charge in [-0.25, -0.2) is 10.1 Å². The Morgan fingerprint density at radius 2 is 0.733 bits per heavy atom. The lowest BCUT2D eigenvalue weighted by atomic mass is 10.0. The molecule has 0 unspecified atom stereocenters. The fourth-order valence-corrected chi connectivity index (χ4v) is 3.19. The van der Waals surface area contributed by atoms with Gasteiger partial charge in [0.1, 0.15) is 0 Å². The van der Waals surface area contributed by atoms with Gasteiger partial charge in [0.15, 0.2) is 0 Å². The van der Waals surface area contributed by atoms with Gasteiger partial charge in [0.05, 0.1) is 6.61 Å². The minimum Gasteiger partial charge on any atom is -0.219 e. The lowest BCUT2D eigenvalue weighted by Gasteiger charge is -2.04. The van der Waals surface area contributed by atoms with Gasteiger partial charge < -0.3 is 0 Å². The molecule has 182 valence electrons. The van der Waals surface area contributed by atoms with E-state index in [0.717, 1.165) is 12.8 Å². The van der Waals surface area contributed by atoms with Gasteiger partial charge in [-0.05, 0) is 46.7 Å². The van der Waals surface area contributed by atoms with Crippen LogP contribution in [0, 0.1) is 0 Å². The Labute approximate surface area is 180 Å². The molecule has 0 heterocycles. The summed E-state index contributed by atoms with van der Waals surface area (Å²) in [6.07, 6.45) is 23.8. The summed E-state index contributed by atoms with van der Waals surface area (Å²) < 4.78 is 0. The topological polar surface area (TPSA) is 103 Å². The van der Waals surface area contributed by atoms with Gasteiger partial charge in [0.2, 0.25) is 0 Å². The fraction of sp³-hybridized carbons (Fsp3) is 1.00. The van der Waals surface area contributed by atoms with Crippen LogP contribution in [0.5, 0.6) is 0 Å². The molecule has 0 aliphatic heterocycles. The van der Waals surface area contributed by atoms with Crippen molar-refractivity contribution >= 4 is 0 Å². The van der Waals surface area contributed by atoms with E-state index in [1.54, 1.807) is 0 Å². The Kier molecular flexibility index (Phi) is 28.2. The zero-order chi connectivity index (χ0) is 21.8. The van der Waals surface area contributed by atoms with Gasteiger partial charge in [-0.2, -0.15) is 0 Å². The zero-order valence-electron chi connectivity index (χ0n) is 18.6. The standard InChI is InChI=1S/C20H42O10/c1-2-3-4-5-6-7-8-9-10-11-12-13-14-15-16-17-18-19-20-22-24-26-28-30-29-27-25-23-21/h21H,2-20H2,1H3. The molecule has 0 radical (unpaired) electrons. The average molecular weight is 443 g/mol. The summed E-state index contributed by atoms with van der Waals surface area (Å²) in [4.78, 5) is 4.67. The van der Waals surface area contributed by atoms with Crippen molar-refractivity contribution in [3.63, 3.8) is 0 Å². The predicted octanol–water partition coefficient (Wildman–Crippen LogP) is 6.97. The summed E-state index contributed by atoms with van der Waals surface area (Å²) in [5, 5.41) is 36.9. The second-order valence-electron chi connectivity index (χ2n) is 7.38. The third kappa shape index (κ3) is 27.6. The molecule has 0 fully saturated rings. The van der Waals surface area contributed by atoms with E-state index in [-0.39, 0.29) is 0 Å². The highest BCUT2D eigenvalue weighted by Gasteiger charge is 1.97. The molecule has 0 aromatic rings. The summed E-state index contributed by atoms with van der Waals surface area (Å²) in [5.41, 5.74) is 0. The second kappa shape index (κ2) is 28.6. The van der Waals surface area contributed by atoms with Crippen LogP contribution in [0.15, 0.2) is 0 Å². The van der Waals surface area contributed by atoms with Crippen molar-refractivity contribution in [3.05, 3.63) is 0 Å². The predicted molar refractivity (Wildman–Crippen MR) is 106 cm³/mol. The highest BCUT2D eigenvalue weighted by molar-refractivity contribution is 4.50. The van der Waals surface area contributed by atoms with Crippen molar-refractivity contribution in [2.24, 2.45) is 0 Å². The molecule has 0 aromatic carbocycles. The van der Waals surface area contributed by atoms with Crippen LogP contribution in [0.25, 0.3) is 0 Å². The van der Waals surface area contributed by atoms with Crippen molar-refractivity contribution in [2.45, 2.75) is 122 Å². The molecule has 1 N–H and O–H groups in total. The molecule has 10 nitrogen and oxygen atoms in total. The Hall–Kier alpha value is -0.400. The quantitative estimate of drug-likeness (QED) is 0.0814. The van der Waals surface area contributed by atoms with Crippen LogP contribution in [-0.4, -0.2) is 11.9 Å². The molecular weight excluding hydrogens is 400 g/mol. The molecule has 0 saturated carbocycles. The molecule has 0 aliphatic carbocycles. The first-order chi connectivity index (χ1) is 14.9. The van der Waals surface area contributed by atoms with Crippen molar-refractivity contribution in [1.29, 1.82) is 0 Å². The molecule has 10 heteroatoms. The molecule has 0 saturated heterocycles. The summed E-state index contributed by atoms with van der Waals surface area (Å²) in [7, 11) is 0. The maximum atomic E-state index is 7.65. The molecule has 0 atom stereocenters. The van der Waals surface area contributed by atoms with E-state index < -0.39 is 0 Å². The number of rotatable bonds is 27. The van der Waals surface area contributed by atoms with Crippen LogP contribution >= 0.6 is 0 Å². The number of hydrogen-bond acceptors (Lipinski definition) is 10. The number of hydrogen-bond donors (Lipinski definition) is 1. The highest BCUT2D eigenvalue weighted by atomic mass is 17.9. The minimum absolute atomic E-state index is 0.362. The Morgan fingerprint density at radius 1 is 0.400 bits per heavy atom. The molecule has 0 bridgehead atoms. The zero-order valence-corrected chi connectivity index (χ0v) is 18.6. The maximum Gasteiger partial charge on any atom is 0.0855 e. The molecule has 0 spiro atoms. The second-order valence-corrected chi connectivity index (χ2v) is 7.38. The molecular formula is C20H42O10. The molecule has 0 aliphatic rings. The van der Waals surface area contributed by atoms with E-state index in [1.807, 2.05) is 0 Å². The number of unbranched alkanes of at least 4 members (excludes halogenated alkanes) is 17. The fourth-order valence-electron chi connectivity index (χ4n) is 3.19. The van der Waals surface area contributed by atoms with Crippen LogP contribution in [0.1, 0.15) is 122 Å². The van der Waals surface area contributed by atoms with Gasteiger partial charge in [0.25, 0.3) is 0 Å². The SMILES string of the molecule is CCCCCCCCCCCCCCCCCCCCOOOOOOOOOO. The van der Waals surface area contributed by atoms with E-state index in [4.69, 9.17) is 5.26 Å². The van der Waals surface area contributed by atoms with Gasteiger partial charge in [0, 0.05) is 0 Å². The average Bonchev–Trinajstić information content (AvgIpc) is 2.76. The first kappa shape index (κ1) is 29.6. The largest absolute Gasteiger partial charge is 0.219 e. The summed E-state index contributed by atoms with van der Waals surface area (Å²) >= 11 is 0. The third-order valence-corrected chi connectivity index (χ3v) is 4.83. The van der Waals surface area contributed by atoms with Crippen molar-refractivity contribution in [1.82, 2.24) is 0 Å². The summed E-state index contributed by atoms with van der Waals surface area (Å²) in [6, 6.07) is 0. The van der Waals surface area contributed by atoms with Gasteiger partial charge in [-0.3, -0.25) is 0 Å². The Morgan fingerprint density at radius 3 is 1.13 bits per heavy atom. The van der Waals surface area contributed by atoms with Gasteiger partial charge >= 0.3 is 0 Å². The Bertz CT molecular complexity index is 269. The van der Waals surface area contributed by atoms with Crippen LogP contribution in [0.4, 0.5) is 0 Å². The summed E-state index contributed by atoms with van der Waals surface area (Å²) in [5.74, 6) is 0. The van der Waals surface area contributed by atoms with Crippen molar-refractivity contribution < 1.29 is 50.5 Å². The molecule has 30 heavy (non-hydrogen) atoms. The third-order valence-electron chi connectivity index (χ3n) is 4.83. The van der Waals surface area contributed by atoms with Gasteiger partial charge in [-0.15, -0.1) is 0 Å². The summed E-state index contributed by atoms with van der Waals surface area (Å²) in [6.45, 7) is 2.63. The molecule has 0 amide bonds. The minimum atomic E-state index is 0.362. The van der Waals surface area contributed by atoms with E-state index in [0.29, 0.717) is 6.61 Å².